The predicted octanol–water partition coefficient (Wildman–Crippen LogP) is 7.95. The standard InChI is InChI=1S/C37H60O5Si2/c1-27(2)43(28(3)4,29(5)6)42-34-26-31(41-37(35(34)38)24-17-18-30(7)40-37)23-25-39-44(36(8,9)10,32-19-13-11-14-20-32)33-21-15-12-16-22-33/h11-16,19-22,27-31,34-35,38H,17-18,23-26H2,1-10H3/t30-,31-,34+,35-,37-/m1/s1. The molecule has 44 heavy (non-hydrogen) atoms. The zero-order chi connectivity index (χ0) is 32.3. The summed E-state index contributed by atoms with van der Waals surface area (Å²) in [5.74, 6) is -1.03. The molecule has 1 spiro atoms. The lowest BCUT2D eigenvalue weighted by atomic mass is 9.88. The number of hydrogen-bond acceptors (Lipinski definition) is 5. The molecule has 4 rings (SSSR count). The van der Waals surface area contributed by atoms with Crippen LogP contribution in [0.25, 0.3) is 0 Å². The molecular weight excluding hydrogens is 581 g/mol. The molecule has 2 aromatic carbocycles. The van der Waals surface area contributed by atoms with Gasteiger partial charge in [-0.15, -0.1) is 0 Å². The lowest BCUT2D eigenvalue weighted by Crippen LogP contribution is -2.67. The van der Waals surface area contributed by atoms with Crippen LogP contribution in [0.15, 0.2) is 60.7 Å². The Morgan fingerprint density at radius 2 is 1.39 bits per heavy atom. The van der Waals surface area contributed by atoms with Crippen molar-refractivity contribution in [1.29, 1.82) is 0 Å². The van der Waals surface area contributed by atoms with Gasteiger partial charge in [0.25, 0.3) is 8.32 Å². The van der Waals surface area contributed by atoms with Crippen molar-refractivity contribution >= 4 is 27.0 Å². The monoisotopic (exact) mass is 640 g/mol. The van der Waals surface area contributed by atoms with E-state index in [1.165, 1.54) is 10.4 Å². The molecule has 1 N–H and O–H groups in total. The van der Waals surface area contributed by atoms with E-state index in [1.54, 1.807) is 0 Å². The average Bonchev–Trinajstić information content (AvgIpc) is 2.96. The van der Waals surface area contributed by atoms with Gasteiger partial charge < -0.3 is 23.4 Å². The van der Waals surface area contributed by atoms with E-state index in [0.29, 0.717) is 36.1 Å². The Balaban J connectivity index is 1.66. The second-order valence-corrected chi connectivity index (χ2v) is 25.0. The van der Waals surface area contributed by atoms with Gasteiger partial charge in [-0.05, 0) is 58.2 Å². The third kappa shape index (κ3) is 6.85. The van der Waals surface area contributed by atoms with Crippen molar-refractivity contribution in [3.63, 3.8) is 0 Å². The summed E-state index contributed by atoms with van der Waals surface area (Å²) in [7, 11) is -4.92. The summed E-state index contributed by atoms with van der Waals surface area (Å²) in [6.45, 7) is 23.5. The molecule has 2 aliphatic rings. The van der Waals surface area contributed by atoms with Crippen molar-refractivity contribution in [3.8, 4) is 0 Å². The van der Waals surface area contributed by atoms with Crippen LogP contribution in [0.2, 0.25) is 21.7 Å². The predicted molar refractivity (Wildman–Crippen MR) is 187 cm³/mol. The molecule has 0 saturated carbocycles. The molecule has 0 aliphatic carbocycles. The van der Waals surface area contributed by atoms with Gasteiger partial charge in [0.05, 0.1) is 18.3 Å². The maximum Gasteiger partial charge on any atom is 0.261 e. The highest BCUT2D eigenvalue weighted by molar-refractivity contribution is 6.99. The molecule has 2 fully saturated rings. The van der Waals surface area contributed by atoms with Crippen molar-refractivity contribution in [3.05, 3.63) is 60.7 Å². The van der Waals surface area contributed by atoms with Gasteiger partial charge in [0.1, 0.15) is 6.10 Å². The number of benzene rings is 2. The van der Waals surface area contributed by atoms with Gasteiger partial charge >= 0.3 is 0 Å². The van der Waals surface area contributed by atoms with Crippen molar-refractivity contribution in [2.45, 2.75) is 153 Å². The van der Waals surface area contributed by atoms with Crippen LogP contribution in [0.3, 0.4) is 0 Å². The first kappa shape index (κ1) is 35.5. The van der Waals surface area contributed by atoms with Gasteiger partial charge in [-0.2, -0.15) is 0 Å². The summed E-state index contributed by atoms with van der Waals surface area (Å²) in [6, 6.07) is 21.6. The molecule has 2 heterocycles. The third-order valence-electron chi connectivity index (χ3n) is 10.4. The van der Waals surface area contributed by atoms with E-state index in [-0.39, 0.29) is 23.4 Å². The Morgan fingerprint density at radius 1 is 0.864 bits per heavy atom. The van der Waals surface area contributed by atoms with Gasteiger partial charge in [0.2, 0.25) is 8.32 Å². The van der Waals surface area contributed by atoms with Crippen LogP contribution < -0.4 is 10.4 Å². The molecule has 2 aliphatic heterocycles. The van der Waals surface area contributed by atoms with Crippen LogP contribution in [-0.4, -0.2) is 58.6 Å². The molecule has 5 atom stereocenters. The van der Waals surface area contributed by atoms with Crippen molar-refractivity contribution in [2.24, 2.45) is 0 Å². The molecule has 0 unspecified atom stereocenters. The summed E-state index contributed by atoms with van der Waals surface area (Å²) >= 11 is 0. The fraction of sp³-hybridized carbons (Fsp3) is 0.676. The molecule has 2 saturated heterocycles. The van der Waals surface area contributed by atoms with Crippen LogP contribution in [-0.2, 0) is 18.3 Å². The Bertz CT molecular complexity index is 1100. The second kappa shape index (κ2) is 14.2. The smallest absolute Gasteiger partial charge is 0.261 e. The van der Waals surface area contributed by atoms with E-state index in [0.717, 1.165) is 19.3 Å². The molecular formula is C37H60O5Si2. The summed E-state index contributed by atoms with van der Waals surface area (Å²) in [6.07, 6.45) is 2.75. The molecule has 0 amide bonds. The summed E-state index contributed by atoms with van der Waals surface area (Å²) in [4.78, 5) is 0. The van der Waals surface area contributed by atoms with E-state index in [2.05, 4.69) is 130 Å². The maximum atomic E-state index is 12.0. The molecule has 0 bridgehead atoms. The highest BCUT2D eigenvalue weighted by Gasteiger charge is 2.57. The number of aliphatic hydroxyl groups is 1. The van der Waals surface area contributed by atoms with E-state index in [9.17, 15) is 5.11 Å². The van der Waals surface area contributed by atoms with E-state index >= 15 is 0 Å². The first-order valence-electron chi connectivity index (χ1n) is 17.2. The van der Waals surface area contributed by atoms with Gasteiger partial charge in [0.15, 0.2) is 5.79 Å². The van der Waals surface area contributed by atoms with Crippen molar-refractivity contribution in [2.75, 3.05) is 6.61 Å². The fourth-order valence-corrected chi connectivity index (χ4v) is 18.7. The third-order valence-corrected chi connectivity index (χ3v) is 21.6. The first-order chi connectivity index (χ1) is 20.7. The summed E-state index contributed by atoms with van der Waals surface area (Å²) in [5, 5.41) is 14.4. The highest BCUT2D eigenvalue weighted by atomic mass is 28.4. The summed E-state index contributed by atoms with van der Waals surface area (Å²) in [5.41, 5.74) is 1.28. The van der Waals surface area contributed by atoms with E-state index in [4.69, 9.17) is 18.3 Å². The Morgan fingerprint density at radius 3 is 1.84 bits per heavy atom. The maximum absolute atomic E-state index is 12.0. The van der Waals surface area contributed by atoms with Gasteiger partial charge in [-0.1, -0.05) is 123 Å². The summed E-state index contributed by atoms with van der Waals surface area (Å²) < 4.78 is 28.0. The minimum atomic E-state index is -2.67. The Kier molecular flexibility index (Phi) is 11.5. The second-order valence-electron chi connectivity index (χ2n) is 15.3. The minimum Gasteiger partial charge on any atom is -0.410 e. The zero-order valence-corrected chi connectivity index (χ0v) is 31.1. The highest BCUT2D eigenvalue weighted by Crippen LogP contribution is 2.48. The number of hydrogen-bond donors (Lipinski definition) is 1. The molecule has 246 valence electrons. The lowest BCUT2D eigenvalue weighted by Gasteiger charge is -2.54. The van der Waals surface area contributed by atoms with Gasteiger partial charge in [-0.3, -0.25) is 0 Å². The van der Waals surface area contributed by atoms with Gasteiger partial charge in [0, 0.05) is 19.4 Å². The van der Waals surface area contributed by atoms with Gasteiger partial charge in [-0.25, -0.2) is 0 Å². The average molecular weight is 641 g/mol. The molecule has 2 aromatic rings. The van der Waals surface area contributed by atoms with E-state index in [1.807, 2.05) is 0 Å². The van der Waals surface area contributed by atoms with Crippen molar-refractivity contribution in [1.82, 2.24) is 0 Å². The zero-order valence-electron chi connectivity index (χ0n) is 29.1. The molecule has 7 heteroatoms. The first-order valence-corrected chi connectivity index (χ1v) is 21.2. The number of aliphatic hydroxyl groups excluding tert-OH is 1. The SMILES string of the molecule is CC(C)[Si](O[C@H]1C[C@@H](CCO[Si](c2ccccc2)(c2ccccc2)C(C)(C)C)O[C@]2(CCC[C@@H](C)O2)[C@@H]1O)(C(C)C)C(C)C. The van der Waals surface area contributed by atoms with Crippen LogP contribution in [0.1, 0.15) is 101 Å². The van der Waals surface area contributed by atoms with Crippen LogP contribution in [0, 0.1) is 0 Å². The van der Waals surface area contributed by atoms with Crippen LogP contribution in [0.5, 0.6) is 0 Å². The Labute approximate surface area is 270 Å². The topological polar surface area (TPSA) is 57.2 Å². The normalized spacial score (nSPS) is 27.0. The molecule has 5 nitrogen and oxygen atoms in total. The number of rotatable bonds is 11. The lowest BCUT2D eigenvalue weighted by molar-refractivity contribution is -0.364. The molecule has 0 radical (unpaired) electrons. The number of ether oxygens (including phenoxy) is 2. The minimum absolute atomic E-state index is 0.0356. The fourth-order valence-electron chi connectivity index (χ4n) is 8.53. The molecule has 0 aromatic heterocycles. The quantitative estimate of drug-likeness (QED) is 0.253. The van der Waals surface area contributed by atoms with Crippen molar-refractivity contribution < 1.29 is 23.4 Å². The van der Waals surface area contributed by atoms with Crippen LogP contribution in [0.4, 0.5) is 0 Å². The van der Waals surface area contributed by atoms with Crippen LogP contribution >= 0.6 is 0 Å². The largest absolute Gasteiger partial charge is 0.410 e. The Hall–Kier alpha value is -1.33. The van der Waals surface area contributed by atoms with E-state index < -0.39 is 28.5 Å².